The number of hydrogen-bond acceptors (Lipinski definition) is 1. The molecule has 0 aromatic heterocycles. The van der Waals surface area contributed by atoms with Gasteiger partial charge in [0.05, 0.1) is 0 Å². The molecule has 0 fully saturated rings. The molecule has 0 radical (unpaired) electrons. The van der Waals surface area contributed by atoms with E-state index in [1.54, 1.807) is 6.07 Å². The van der Waals surface area contributed by atoms with Crippen LogP contribution in [0.4, 0.5) is 4.39 Å². The Morgan fingerprint density at radius 1 is 1.54 bits per heavy atom. The Morgan fingerprint density at radius 2 is 2.23 bits per heavy atom. The fraction of sp³-hybridized carbons (Fsp3) is 0. The number of halogens is 2. The smallest absolute Gasteiger partial charge is 0.241 e. The fourth-order valence-electron chi connectivity index (χ4n) is 0.814. The van der Waals surface area contributed by atoms with Gasteiger partial charge in [-0.3, -0.25) is 4.79 Å². The highest BCUT2D eigenvalue weighted by Crippen LogP contribution is 2.18. The van der Waals surface area contributed by atoms with Gasteiger partial charge in [0.1, 0.15) is 5.82 Å². The first-order valence-corrected chi connectivity index (χ1v) is 4.31. The summed E-state index contributed by atoms with van der Waals surface area (Å²) in [6.07, 6.45) is 2.63. The van der Waals surface area contributed by atoms with Gasteiger partial charge in [0, 0.05) is 10.5 Å². The van der Waals surface area contributed by atoms with E-state index in [1.807, 2.05) is 0 Å². The Balaban J connectivity index is 3.00. The lowest BCUT2D eigenvalue weighted by Gasteiger charge is -1.97. The van der Waals surface area contributed by atoms with E-state index in [4.69, 9.17) is 5.73 Å². The maximum absolute atomic E-state index is 12.7. The Hall–Kier alpha value is -1.16. The minimum atomic E-state index is -0.559. The molecule has 0 saturated heterocycles. The largest absolute Gasteiger partial charge is 0.366 e. The highest BCUT2D eigenvalue weighted by Gasteiger charge is 1.97. The number of carbonyl (C=O) groups is 1. The summed E-state index contributed by atoms with van der Waals surface area (Å²) >= 11 is 3.21. The molecule has 4 heteroatoms. The first kappa shape index (κ1) is 9.92. The van der Waals surface area contributed by atoms with Crippen molar-refractivity contribution in [2.75, 3.05) is 0 Å². The topological polar surface area (TPSA) is 43.1 Å². The van der Waals surface area contributed by atoms with E-state index in [0.717, 1.165) is 0 Å². The van der Waals surface area contributed by atoms with Crippen LogP contribution in [0.15, 0.2) is 28.7 Å². The Kier molecular flexibility index (Phi) is 3.19. The molecular weight excluding hydrogens is 237 g/mol. The number of amides is 1. The van der Waals surface area contributed by atoms with Crippen LogP contribution in [-0.2, 0) is 4.79 Å². The van der Waals surface area contributed by atoms with Crippen molar-refractivity contribution in [2.24, 2.45) is 5.73 Å². The maximum atomic E-state index is 12.7. The van der Waals surface area contributed by atoms with Gasteiger partial charge in [0.25, 0.3) is 0 Å². The van der Waals surface area contributed by atoms with Gasteiger partial charge < -0.3 is 5.73 Å². The van der Waals surface area contributed by atoms with Crippen molar-refractivity contribution in [1.82, 2.24) is 0 Å². The highest BCUT2D eigenvalue weighted by atomic mass is 79.9. The molecule has 68 valence electrons. The summed E-state index contributed by atoms with van der Waals surface area (Å²) in [5.41, 5.74) is 5.48. The zero-order valence-corrected chi connectivity index (χ0v) is 8.21. The standard InChI is InChI=1S/C9H7BrFNO/c10-8-3-2-7(11)5-6(8)1-4-9(12)13/h1-5H,(H2,12,13). The SMILES string of the molecule is NC(=O)C=Cc1cc(F)ccc1Br. The lowest BCUT2D eigenvalue weighted by atomic mass is 10.2. The van der Waals surface area contributed by atoms with Crippen LogP contribution in [0.5, 0.6) is 0 Å². The maximum Gasteiger partial charge on any atom is 0.241 e. The number of nitrogens with two attached hydrogens (primary N) is 1. The molecule has 1 rings (SSSR count). The van der Waals surface area contributed by atoms with Crippen LogP contribution < -0.4 is 5.73 Å². The average molecular weight is 244 g/mol. The zero-order valence-electron chi connectivity index (χ0n) is 6.63. The second-order valence-electron chi connectivity index (χ2n) is 2.40. The second-order valence-corrected chi connectivity index (χ2v) is 3.26. The van der Waals surface area contributed by atoms with E-state index < -0.39 is 5.91 Å². The highest BCUT2D eigenvalue weighted by molar-refractivity contribution is 9.10. The van der Waals surface area contributed by atoms with Gasteiger partial charge in [0.2, 0.25) is 5.91 Å². The quantitative estimate of drug-likeness (QED) is 0.795. The number of carbonyl (C=O) groups excluding carboxylic acids is 1. The Morgan fingerprint density at radius 3 is 2.85 bits per heavy atom. The monoisotopic (exact) mass is 243 g/mol. The minimum absolute atomic E-state index is 0.354. The molecule has 0 aliphatic carbocycles. The summed E-state index contributed by atoms with van der Waals surface area (Å²) in [6.45, 7) is 0. The van der Waals surface area contributed by atoms with Gasteiger partial charge in [-0.15, -0.1) is 0 Å². The summed E-state index contributed by atoms with van der Waals surface area (Å²) in [5, 5.41) is 0. The number of benzene rings is 1. The number of hydrogen-bond donors (Lipinski definition) is 1. The molecule has 13 heavy (non-hydrogen) atoms. The predicted molar refractivity (Wildman–Crippen MR) is 52.3 cm³/mol. The van der Waals surface area contributed by atoms with Crippen molar-refractivity contribution < 1.29 is 9.18 Å². The first-order valence-electron chi connectivity index (χ1n) is 3.52. The van der Waals surface area contributed by atoms with E-state index in [9.17, 15) is 9.18 Å². The van der Waals surface area contributed by atoms with Crippen LogP contribution in [0.25, 0.3) is 6.08 Å². The van der Waals surface area contributed by atoms with Gasteiger partial charge >= 0.3 is 0 Å². The zero-order chi connectivity index (χ0) is 9.84. The Labute approximate surface area is 83.4 Å². The third kappa shape index (κ3) is 2.99. The van der Waals surface area contributed by atoms with Crippen molar-refractivity contribution in [3.63, 3.8) is 0 Å². The summed E-state index contributed by atoms with van der Waals surface area (Å²) < 4.78 is 13.4. The first-order chi connectivity index (χ1) is 6.09. The summed E-state index contributed by atoms with van der Waals surface area (Å²) in [5.74, 6) is -0.913. The fourth-order valence-corrected chi connectivity index (χ4v) is 1.19. The van der Waals surface area contributed by atoms with Crippen molar-refractivity contribution in [3.05, 3.63) is 40.1 Å². The van der Waals surface area contributed by atoms with E-state index in [0.29, 0.717) is 10.0 Å². The van der Waals surface area contributed by atoms with Crippen molar-refractivity contribution in [1.29, 1.82) is 0 Å². The molecule has 1 amide bonds. The van der Waals surface area contributed by atoms with Gasteiger partial charge in [0.15, 0.2) is 0 Å². The van der Waals surface area contributed by atoms with Gasteiger partial charge in [-0.1, -0.05) is 15.9 Å². The normalized spacial score (nSPS) is 10.6. The van der Waals surface area contributed by atoms with Crippen molar-refractivity contribution >= 4 is 27.9 Å². The summed E-state index contributed by atoms with van der Waals surface area (Å²) in [7, 11) is 0. The molecule has 0 atom stereocenters. The molecular formula is C9H7BrFNO. The van der Waals surface area contributed by atoms with Gasteiger partial charge in [-0.05, 0) is 29.8 Å². The van der Waals surface area contributed by atoms with Crippen LogP contribution in [0.2, 0.25) is 0 Å². The molecule has 0 spiro atoms. The Bertz CT molecular complexity index is 363. The molecule has 1 aromatic carbocycles. The third-order valence-corrected chi connectivity index (χ3v) is 2.11. The van der Waals surface area contributed by atoms with Gasteiger partial charge in [-0.25, -0.2) is 4.39 Å². The molecule has 0 unspecified atom stereocenters. The summed E-state index contributed by atoms with van der Waals surface area (Å²) in [6, 6.07) is 4.20. The molecule has 0 aliphatic heterocycles. The minimum Gasteiger partial charge on any atom is -0.366 e. The van der Waals surface area contributed by atoms with E-state index in [-0.39, 0.29) is 5.82 Å². The van der Waals surface area contributed by atoms with Gasteiger partial charge in [-0.2, -0.15) is 0 Å². The molecule has 2 N–H and O–H groups in total. The van der Waals surface area contributed by atoms with Crippen LogP contribution >= 0.6 is 15.9 Å². The lowest BCUT2D eigenvalue weighted by molar-refractivity contribution is -0.113. The van der Waals surface area contributed by atoms with Crippen LogP contribution in [-0.4, -0.2) is 5.91 Å². The van der Waals surface area contributed by atoms with E-state index in [1.165, 1.54) is 24.3 Å². The third-order valence-electron chi connectivity index (χ3n) is 1.39. The molecule has 2 nitrogen and oxygen atoms in total. The summed E-state index contributed by atoms with van der Waals surface area (Å²) in [4.78, 5) is 10.4. The molecule has 0 saturated carbocycles. The molecule has 0 aliphatic rings. The van der Waals surface area contributed by atoms with Crippen LogP contribution in [0.1, 0.15) is 5.56 Å². The van der Waals surface area contributed by atoms with Crippen LogP contribution in [0.3, 0.4) is 0 Å². The molecule has 1 aromatic rings. The molecule has 0 bridgehead atoms. The van der Waals surface area contributed by atoms with Crippen molar-refractivity contribution in [3.8, 4) is 0 Å². The van der Waals surface area contributed by atoms with E-state index in [2.05, 4.69) is 15.9 Å². The number of primary amides is 1. The van der Waals surface area contributed by atoms with Crippen LogP contribution in [0, 0.1) is 5.82 Å². The van der Waals surface area contributed by atoms with Crippen molar-refractivity contribution in [2.45, 2.75) is 0 Å². The predicted octanol–water partition coefficient (Wildman–Crippen LogP) is 2.09. The number of rotatable bonds is 2. The van der Waals surface area contributed by atoms with E-state index >= 15 is 0 Å². The lowest BCUT2D eigenvalue weighted by Crippen LogP contribution is -2.05. The molecule has 0 heterocycles. The average Bonchev–Trinajstić information content (AvgIpc) is 2.06. The second kappa shape index (κ2) is 4.18.